The van der Waals surface area contributed by atoms with Gasteiger partial charge in [-0.05, 0) is 46.3 Å². The van der Waals surface area contributed by atoms with E-state index in [1.165, 1.54) is 35.7 Å². The third kappa shape index (κ3) is 5.50. The summed E-state index contributed by atoms with van der Waals surface area (Å²) in [7, 11) is 0. The quantitative estimate of drug-likeness (QED) is 0.516. The molecule has 120 valence electrons. The minimum absolute atomic E-state index is 0.0398. The molecule has 2 aromatic heterocycles. The summed E-state index contributed by atoms with van der Waals surface area (Å²) in [4.78, 5) is 28.1. The lowest BCUT2D eigenvalue weighted by Gasteiger charge is -2.06. The molecule has 8 heteroatoms. The lowest BCUT2D eigenvalue weighted by Crippen LogP contribution is -2.34. The van der Waals surface area contributed by atoms with E-state index in [2.05, 4.69) is 31.5 Å². The van der Waals surface area contributed by atoms with Crippen LogP contribution in [0.25, 0.3) is 6.08 Å². The van der Waals surface area contributed by atoms with Gasteiger partial charge in [-0.15, -0.1) is 11.3 Å². The van der Waals surface area contributed by atoms with Gasteiger partial charge in [0.2, 0.25) is 5.91 Å². The molecule has 0 bridgehead atoms. The maximum atomic E-state index is 11.8. The number of halogens is 1. The number of hydrogen-bond donors (Lipinski definition) is 3. The minimum atomic E-state index is -0.490. The number of carbonyl (C=O) groups is 2. The van der Waals surface area contributed by atoms with Crippen LogP contribution in [0.1, 0.15) is 15.4 Å². The van der Waals surface area contributed by atoms with Crippen molar-refractivity contribution in [3.8, 4) is 5.75 Å². The molecule has 0 saturated carbocycles. The maximum Gasteiger partial charge on any atom is 0.273 e. The summed E-state index contributed by atoms with van der Waals surface area (Å²) in [6.07, 6.45) is 4.57. The number of carbonyl (C=O) groups excluding carboxylic acids is 2. The first kappa shape index (κ1) is 17.2. The average molecular weight is 396 g/mol. The van der Waals surface area contributed by atoms with Crippen LogP contribution < -0.4 is 10.6 Å². The minimum Gasteiger partial charge on any atom is -0.505 e. The molecule has 0 fully saturated rings. The molecule has 0 aliphatic rings. The van der Waals surface area contributed by atoms with Crippen molar-refractivity contribution in [3.05, 3.63) is 50.9 Å². The Balaban J connectivity index is 1.71. The third-order valence-electron chi connectivity index (χ3n) is 2.70. The fraction of sp³-hybridized carbons (Fsp3) is 0.133. The first-order valence-corrected chi connectivity index (χ1v) is 8.30. The maximum absolute atomic E-state index is 11.8. The summed E-state index contributed by atoms with van der Waals surface area (Å²) >= 11 is 4.87. The molecule has 2 aromatic rings. The molecule has 0 spiro atoms. The van der Waals surface area contributed by atoms with Crippen LogP contribution in [-0.2, 0) is 4.79 Å². The molecule has 2 heterocycles. The molecule has 0 aliphatic carbocycles. The largest absolute Gasteiger partial charge is 0.505 e. The van der Waals surface area contributed by atoms with Crippen molar-refractivity contribution >= 4 is 45.2 Å². The molecule has 0 aliphatic heterocycles. The summed E-state index contributed by atoms with van der Waals surface area (Å²) < 4.78 is 0.998. The van der Waals surface area contributed by atoms with Crippen molar-refractivity contribution in [2.75, 3.05) is 13.1 Å². The summed E-state index contributed by atoms with van der Waals surface area (Å²) in [6.45, 7) is 0.510. The number of aromatic nitrogens is 1. The number of pyridine rings is 1. The summed E-state index contributed by atoms with van der Waals surface area (Å²) in [5.74, 6) is -0.917. The zero-order valence-electron chi connectivity index (χ0n) is 12.0. The Morgan fingerprint density at radius 3 is 2.74 bits per heavy atom. The summed E-state index contributed by atoms with van der Waals surface area (Å²) in [5.41, 5.74) is -0.0398. The van der Waals surface area contributed by atoms with E-state index in [1.54, 1.807) is 6.08 Å². The van der Waals surface area contributed by atoms with Crippen LogP contribution in [0.15, 0.2) is 40.3 Å². The fourth-order valence-electron chi connectivity index (χ4n) is 1.65. The molecule has 0 saturated heterocycles. The van der Waals surface area contributed by atoms with Crippen LogP contribution in [-0.4, -0.2) is 35.0 Å². The molecular weight excluding hydrogens is 382 g/mol. The van der Waals surface area contributed by atoms with Gasteiger partial charge < -0.3 is 15.7 Å². The second-order valence-corrected chi connectivity index (χ2v) is 6.89. The van der Waals surface area contributed by atoms with E-state index in [4.69, 9.17) is 0 Å². The Morgan fingerprint density at radius 1 is 1.26 bits per heavy atom. The first-order valence-electron chi connectivity index (χ1n) is 6.69. The van der Waals surface area contributed by atoms with Crippen LogP contribution in [0, 0.1) is 0 Å². The highest BCUT2D eigenvalue weighted by Gasteiger charge is 2.10. The molecule has 0 radical (unpaired) electrons. The van der Waals surface area contributed by atoms with Gasteiger partial charge in [-0.25, -0.2) is 4.98 Å². The Hall–Kier alpha value is -2.19. The molecule has 0 atom stereocenters. The molecule has 2 amide bonds. The van der Waals surface area contributed by atoms with E-state index in [0.717, 1.165) is 8.66 Å². The lowest BCUT2D eigenvalue weighted by atomic mass is 10.3. The highest BCUT2D eigenvalue weighted by atomic mass is 79.9. The van der Waals surface area contributed by atoms with Crippen molar-refractivity contribution < 1.29 is 14.7 Å². The van der Waals surface area contributed by atoms with Gasteiger partial charge in [-0.1, -0.05) is 0 Å². The zero-order chi connectivity index (χ0) is 16.7. The fourth-order valence-corrected chi connectivity index (χ4v) is 2.98. The van der Waals surface area contributed by atoms with E-state index in [1.807, 2.05) is 12.1 Å². The first-order chi connectivity index (χ1) is 11.1. The Bertz CT molecular complexity index is 730. The Labute approximate surface area is 145 Å². The van der Waals surface area contributed by atoms with Gasteiger partial charge in [0.25, 0.3) is 5.91 Å². The molecular formula is C15H14BrN3O3S. The van der Waals surface area contributed by atoms with Crippen molar-refractivity contribution in [2.45, 2.75) is 0 Å². The van der Waals surface area contributed by atoms with Crippen molar-refractivity contribution in [2.24, 2.45) is 0 Å². The monoisotopic (exact) mass is 395 g/mol. The van der Waals surface area contributed by atoms with Crippen LogP contribution in [0.2, 0.25) is 0 Å². The van der Waals surface area contributed by atoms with Crippen molar-refractivity contribution in [1.29, 1.82) is 0 Å². The molecule has 6 nitrogen and oxygen atoms in total. The van der Waals surface area contributed by atoms with Crippen LogP contribution in [0.3, 0.4) is 0 Å². The van der Waals surface area contributed by atoms with E-state index in [9.17, 15) is 14.7 Å². The normalized spacial score (nSPS) is 10.7. The highest BCUT2D eigenvalue weighted by molar-refractivity contribution is 9.11. The SMILES string of the molecule is O=C(/C=C/c1ccc(Br)s1)NCCNC(=O)c1ncccc1O. The van der Waals surface area contributed by atoms with Gasteiger partial charge in [0.05, 0.1) is 3.79 Å². The van der Waals surface area contributed by atoms with Gasteiger partial charge in [0.1, 0.15) is 5.75 Å². The van der Waals surface area contributed by atoms with Gasteiger partial charge in [0.15, 0.2) is 5.69 Å². The average Bonchev–Trinajstić information content (AvgIpc) is 2.95. The van der Waals surface area contributed by atoms with E-state index in [0.29, 0.717) is 0 Å². The third-order valence-corrected chi connectivity index (χ3v) is 4.29. The number of aromatic hydroxyl groups is 1. The number of nitrogens with zero attached hydrogens (tertiary/aromatic N) is 1. The number of nitrogens with one attached hydrogen (secondary N) is 2. The van der Waals surface area contributed by atoms with Crippen LogP contribution in [0.5, 0.6) is 5.75 Å². The number of hydrogen-bond acceptors (Lipinski definition) is 5. The lowest BCUT2D eigenvalue weighted by molar-refractivity contribution is -0.116. The predicted molar refractivity (Wildman–Crippen MR) is 92.3 cm³/mol. The summed E-state index contributed by atoms with van der Waals surface area (Å²) in [5, 5.41) is 14.7. The standard InChI is InChI=1S/C15H14BrN3O3S/c16-12-5-3-10(23-12)4-6-13(21)17-8-9-19-15(22)14-11(20)2-1-7-18-14/h1-7,20H,8-9H2,(H,17,21)(H,19,22)/b6-4+. The Morgan fingerprint density at radius 2 is 2.04 bits per heavy atom. The van der Waals surface area contributed by atoms with Gasteiger partial charge in [0, 0.05) is 30.2 Å². The van der Waals surface area contributed by atoms with Crippen molar-refractivity contribution in [1.82, 2.24) is 15.6 Å². The number of thiophene rings is 1. The van der Waals surface area contributed by atoms with Gasteiger partial charge in [-0.2, -0.15) is 0 Å². The number of rotatable bonds is 6. The summed E-state index contributed by atoms with van der Waals surface area (Å²) in [6, 6.07) is 6.73. The van der Waals surface area contributed by atoms with E-state index in [-0.39, 0.29) is 30.4 Å². The highest BCUT2D eigenvalue weighted by Crippen LogP contribution is 2.22. The van der Waals surface area contributed by atoms with E-state index >= 15 is 0 Å². The predicted octanol–water partition coefficient (Wildman–Crippen LogP) is 2.17. The molecule has 23 heavy (non-hydrogen) atoms. The van der Waals surface area contributed by atoms with Gasteiger partial charge in [-0.3, -0.25) is 9.59 Å². The van der Waals surface area contributed by atoms with Gasteiger partial charge >= 0.3 is 0 Å². The second kappa shape index (κ2) is 8.44. The number of amides is 2. The smallest absolute Gasteiger partial charge is 0.273 e. The van der Waals surface area contributed by atoms with Crippen LogP contribution in [0.4, 0.5) is 0 Å². The molecule has 2 rings (SSSR count). The topological polar surface area (TPSA) is 91.3 Å². The molecule has 0 unspecified atom stereocenters. The molecule has 3 N–H and O–H groups in total. The van der Waals surface area contributed by atoms with Crippen LogP contribution >= 0.6 is 27.3 Å². The van der Waals surface area contributed by atoms with E-state index < -0.39 is 5.91 Å². The van der Waals surface area contributed by atoms with Crippen molar-refractivity contribution in [3.63, 3.8) is 0 Å². The zero-order valence-corrected chi connectivity index (χ0v) is 14.4. The Kier molecular flexibility index (Phi) is 6.30. The molecule has 0 aromatic carbocycles. The second-order valence-electron chi connectivity index (χ2n) is 4.39.